The largest absolute Gasteiger partial charge is 0.321 e. The standard InChI is InChI=1S/C7H9F2N/c1-10-6-4-2-3-5-7(6,8)9/h6H,2-5H2. The van der Waals surface area contributed by atoms with Gasteiger partial charge in [0.25, 0.3) is 6.04 Å². The molecule has 0 radical (unpaired) electrons. The van der Waals surface area contributed by atoms with E-state index in [-0.39, 0.29) is 6.42 Å². The van der Waals surface area contributed by atoms with Gasteiger partial charge >= 0.3 is 5.92 Å². The Balaban J connectivity index is 2.62. The highest BCUT2D eigenvalue weighted by molar-refractivity contribution is 4.94. The molecule has 1 unspecified atom stereocenters. The summed E-state index contributed by atoms with van der Waals surface area (Å²) in [6.07, 6.45) is 1.62. The van der Waals surface area contributed by atoms with Gasteiger partial charge in [0, 0.05) is 12.8 Å². The van der Waals surface area contributed by atoms with E-state index in [0.717, 1.165) is 6.42 Å². The van der Waals surface area contributed by atoms with Crippen LogP contribution < -0.4 is 0 Å². The lowest BCUT2D eigenvalue weighted by Gasteiger charge is -2.22. The van der Waals surface area contributed by atoms with Crippen molar-refractivity contribution in [3.63, 3.8) is 0 Å². The zero-order valence-corrected chi connectivity index (χ0v) is 5.61. The molecule has 1 aliphatic rings. The molecule has 10 heavy (non-hydrogen) atoms. The van der Waals surface area contributed by atoms with Gasteiger partial charge in [-0.2, -0.15) is 8.78 Å². The molecule has 0 aromatic carbocycles. The molecule has 1 rings (SSSR count). The molecule has 1 saturated carbocycles. The van der Waals surface area contributed by atoms with Crippen LogP contribution in [-0.4, -0.2) is 12.0 Å². The normalized spacial score (nSPS) is 31.1. The monoisotopic (exact) mass is 145 g/mol. The number of hydrogen-bond donors (Lipinski definition) is 0. The van der Waals surface area contributed by atoms with E-state index in [9.17, 15) is 8.78 Å². The van der Waals surface area contributed by atoms with Crippen molar-refractivity contribution in [2.45, 2.75) is 37.6 Å². The van der Waals surface area contributed by atoms with Crippen molar-refractivity contribution in [3.05, 3.63) is 11.4 Å². The summed E-state index contributed by atoms with van der Waals surface area (Å²) in [4.78, 5) is 2.90. The van der Waals surface area contributed by atoms with Gasteiger partial charge in [-0.05, 0) is 12.8 Å². The molecular weight excluding hydrogens is 136 g/mol. The molecule has 0 N–H and O–H groups in total. The highest BCUT2D eigenvalue weighted by Gasteiger charge is 2.46. The Labute approximate surface area is 58.9 Å². The van der Waals surface area contributed by atoms with Gasteiger partial charge in [-0.3, -0.25) is 0 Å². The van der Waals surface area contributed by atoms with Crippen molar-refractivity contribution in [1.82, 2.24) is 0 Å². The van der Waals surface area contributed by atoms with Crippen LogP contribution in [0.2, 0.25) is 0 Å². The summed E-state index contributed by atoms with van der Waals surface area (Å²) in [6.45, 7) is 6.50. The Kier molecular flexibility index (Phi) is 1.89. The fourth-order valence-corrected chi connectivity index (χ4v) is 1.24. The molecule has 1 fully saturated rings. The van der Waals surface area contributed by atoms with E-state index >= 15 is 0 Å². The van der Waals surface area contributed by atoms with E-state index in [1.54, 1.807) is 0 Å². The maximum Gasteiger partial charge on any atom is 0.321 e. The summed E-state index contributed by atoms with van der Waals surface area (Å²) in [5, 5.41) is 0. The Bertz CT molecular complexity index is 159. The minimum Gasteiger partial charge on any atom is -0.307 e. The molecule has 0 heterocycles. The van der Waals surface area contributed by atoms with E-state index in [0.29, 0.717) is 12.8 Å². The second-order valence-electron chi connectivity index (χ2n) is 2.65. The summed E-state index contributed by atoms with van der Waals surface area (Å²) in [5.74, 6) is -2.71. The highest BCUT2D eigenvalue weighted by Crippen LogP contribution is 2.35. The molecule has 56 valence electrons. The first-order valence-electron chi connectivity index (χ1n) is 3.41. The molecule has 0 spiro atoms. The highest BCUT2D eigenvalue weighted by atomic mass is 19.3. The molecular formula is C7H9F2N. The summed E-state index contributed by atoms with van der Waals surface area (Å²) in [5.41, 5.74) is 0. The van der Waals surface area contributed by atoms with Crippen molar-refractivity contribution in [1.29, 1.82) is 0 Å². The van der Waals surface area contributed by atoms with Crippen LogP contribution >= 0.6 is 0 Å². The van der Waals surface area contributed by atoms with E-state index in [1.807, 2.05) is 0 Å². The first kappa shape index (κ1) is 7.46. The third-order valence-corrected chi connectivity index (χ3v) is 1.88. The van der Waals surface area contributed by atoms with Crippen LogP contribution in [0.4, 0.5) is 8.78 Å². The first-order valence-corrected chi connectivity index (χ1v) is 3.41. The number of rotatable bonds is 0. The Morgan fingerprint density at radius 2 is 2.10 bits per heavy atom. The lowest BCUT2D eigenvalue weighted by atomic mass is 9.92. The molecule has 1 atom stereocenters. The number of hydrogen-bond acceptors (Lipinski definition) is 0. The quantitative estimate of drug-likeness (QED) is 0.461. The average Bonchev–Trinajstić information content (AvgIpc) is 1.87. The third-order valence-electron chi connectivity index (χ3n) is 1.88. The van der Waals surface area contributed by atoms with Crippen molar-refractivity contribution < 1.29 is 8.78 Å². The molecule has 0 saturated heterocycles. The lowest BCUT2D eigenvalue weighted by Crippen LogP contribution is -2.33. The van der Waals surface area contributed by atoms with Gasteiger partial charge in [0.15, 0.2) is 0 Å². The van der Waals surface area contributed by atoms with Gasteiger partial charge in [0.1, 0.15) is 0 Å². The van der Waals surface area contributed by atoms with Gasteiger partial charge in [-0.1, -0.05) is 0 Å². The average molecular weight is 145 g/mol. The maximum absolute atomic E-state index is 12.7. The van der Waals surface area contributed by atoms with Gasteiger partial charge in [-0.15, -0.1) is 0 Å². The van der Waals surface area contributed by atoms with Crippen LogP contribution in [0.5, 0.6) is 0 Å². The predicted octanol–water partition coefficient (Wildman–Crippen LogP) is 2.48. The zero-order chi connectivity index (χ0) is 7.61. The number of alkyl halides is 2. The van der Waals surface area contributed by atoms with Gasteiger partial charge in [0.2, 0.25) is 0 Å². The maximum atomic E-state index is 12.7. The lowest BCUT2D eigenvalue weighted by molar-refractivity contribution is -0.0399. The Morgan fingerprint density at radius 1 is 1.40 bits per heavy atom. The minimum absolute atomic E-state index is 0.0972. The summed E-state index contributed by atoms with van der Waals surface area (Å²) >= 11 is 0. The van der Waals surface area contributed by atoms with Crippen LogP contribution in [0.25, 0.3) is 4.85 Å². The van der Waals surface area contributed by atoms with E-state index in [1.165, 1.54) is 0 Å². The molecule has 0 aliphatic heterocycles. The van der Waals surface area contributed by atoms with E-state index in [2.05, 4.69) is 4.85 Å². The second kappa shape index (κ2) is 2.53. The Hall–Kier alpha value is -0.650. The van der Waals surface area contributed by atoms with E-state index < -0.39 is 12.0 Å². The zero-order valence-electron chi connectivity index (χ0n) is 5.61. The smallest absolute Gasteiger partial charge is 0.307 e. The van der Waals surface area contributed by atoms with Crippen LogP contribution in [-0.2, 0) is 0 Å². The van der Waals surface area contributed by atoms with Gasteiger partial charge in [0.05, 0.1) is 0 Å². The van der Waals surface area contributed by atoms with Gasteiger partial charge < -0.3 is 4.85 Å². The fraction of sp³-hybridized carbons (Fsp3) is 0.857. The molecule has 1 aliphatic carbocycles. The number of nitrogens with zero attached hydrogens (tertiary/aromatic N) is 1. The van der Waals surface area contributed by atoms with Crippen molar-refractivity contribution in [2.75, 3.05) is 0 Å². The predicted molar refractivity (Wildman–Crippen MR) is 33.8 cm³/mol. The summed E-state index contributed by atoms with van der Waals surface area (Å²) in [6, 6.07) is -1.04. The molecule has 0 bridgehead atoms. The van der Waals surface area contributed by atoms with Crippen LogP contribution in [0, 0.1) is 6.57 Å². The van der Waals surface area contributed by atoms with Crippen LogP contribution in [0.1, 0.15) is 25.7 Å². The summed E-state index contributed by atoms with van der Waals surface area (Å²) in [7, 11) is 0. The molecule has 0 amide bonds. The number of halogens is 2. The topological polar surface area (TPSA) is 4.36 Å². The van der Waals surface area contributed by atoms with Crippen molar-refractivity contribution in [2.24, 2.45) is 0 Å². The molecule has 0 aromatic rings. The third kappa shape index (κ3) is 1.26. The van der Waals surface area contributed by atoms with Crippen LogP contribution in [0.15, 0.2) is 0 Å². The second-order valence-corrected chi connectivity index (χ2v) is 2.65. The van der Waals surface area contributed by atoms with E-state index in [4.69, 9.17) is 6.57 Å². The molecule has 1 nitrogen and oxygen atoms in total. The van der Waals surface area contributed by atoms with Crippen molar-refractivity contribution >= 4 is 0 Å². The van der Waals surface area contributed by atoms with Crippen molar-refractivity contribution in [3.8, 4) is 0 Å². The Morgan fingerprint density at radius 3 is 2.50 bits per heavy atom. The molecule has 3 heteroatoms. The summed E-state index contributed by atoms with van der Waals surface area (Å²) < 4.78 is 25.3. The SMILES string of the molecule is [C-]#[N+]C1CCCCC1(F)F. The molecule has 0 aromatic heterocycles. The minimum atomic E-state index is -2.71. The van der Waals surface area contributed by atoms with Gasteiger partial charge in [-0.25, -0.2) is 6.57 Å². The van der Waals surface area contributed by atoms with Crippen LogP contribution in [0.3, 0.4) is 0 Å². The first-order chi connectivity index (χ1) is 4.67. The fourth-order valence-electron chi connectivity index (χ4n) is 1.24.